The van der Waals surface area contributed by atoms with Crippen LogP contribution in [0.3, 0.4) is 0 Å². The minimum absolute atomic E-state index is 0.0660. The number of nitrogens with zero attached hydrogens (tertiary/aromatic N) is 4. The molecule has 6 nitrogen and oxygen atoms in total. The molecular weight excluding hydrogens is 184 g/mol. The quantitative estimate of drug-likeness (QED) is 0.742. The van der Waals surface area contributed by atoms with Gasteiger partial charge in [0.15, 0.2) is 5.82 Å². The Bertz CT molecular complexity index is 321. The molecule has 1 aromatic heterocycles. The fourth-order valence-electron chi connectivity index (χ4n) is 1.21. The highest BCUT2D eigenvalue weighted by atomic mass is 16.4. The number of rotatable bonds is 4. The van der Waals surface area contributed by atoms with Gasteiger partial charge in [-0.25, -0.2) is 0 Å². The van der Waals surface area contributed by atoms with Gasteiger partial charge in [0.2, 0.25) is 0 Å². The number of carboxylic acid groups (broad SMARTS) is 1. The summed E-state index contributed by atoms with van der Waals surface area (Å²) in [5.41, 5.74) is 0. The van der Waals surface area contributed by atoms with Gasteiger partial charge in [-0.05, 0) is 11.1 Å². The monoisotopic (exact) mass is 198 g/mol. The van der Waals surface area contributed by atoms with Gasteiger partial charge in [-0.15, -0.1) is 10.2 Å². The van der Waals surface area contributed by atoms with Gasteiger partial charge in [0, 0.05) is 6.42 Å². The molecule has 1 unspecified atom stereocenters. The zero-order valence-corrected chi connectivity index (χ0v) is 8.51. The second kappa shape index (κ2) is 4.17. The summed E-state index contributed by atoms with van der Waals surface area (Å²) in [5.74, 6) is -0.712. The lowest BCUT2D eigenvalue weighted by molar-refractivity contribution is -0.143. The molecule has 1 atom stereocenters. The van der Waals surface area contributed by atoms with Crippen LogP contribution in [0, 0.1) is 11.8 Å². The minimum atomic E-state index is -0.813. The molecule has 1 rings (SSSR count). The van der Waals surface area contributed by atoms with Crippen LogP contribution in [0.4, 0.5) is 0 Å². The molecule has 78 valence electrons. The number of aromatic nitrogens is 4. The summed E-state index contributed by atoms with van der Waals surface area (Å²) in [6, 6.07) is 0. The number of hydrogen-bond acceptors (Lipinski definition) is 4. The van der Waals surface area contributed by atoms with Gasteiger partial charge >= 0.3 is 5.97 Å². The number of hydrogen-bond donors (Lipinski definition) is 1. The van der Waals surface area contributed by atoms with E-state index in [4.69, 9.17) is 5.11 Å². The first kappa shape index (κ1) is 10.6. The minimum Gasteiger partial charge on any atom is -0.481 e. The zero-order valence-electron chi connectivity index (χ0n) is 8.51. The Morgan fingerprint density at radius 1 is 1.57 bits per heavy atom. The summed E-state index contributed by atoms with van der Waals surface area (Å²) in [5, 5.41) is 20.3. The number of tetrazole rings is 1. The maximum absolute atomic E-state index is 10.9. The smallest absolute Gasteiger partial charge is 0.307 e. The summed E-state index contributed by atoms with van der Waals surface area (Å²) in [6.45, 7) is 3.74. The lowest BCUT2D eigenvalue weighted by Gasteiger charge is -2.13. The molecule has 1 aromatic rings. The average molecular weight is 198 g/mol. The van der Waals surface area contributed by atoms with E-state index in [1.807, 2.05) is 13.8 Å². The Morgan fingerprint density at radius 3 is 2.57 bits per heavy atom. The van der Waals surface area contributed by atoms with Gasteiger partial charge < -0.3 is 5.11 Å². The first-order valence-corrected chi connectivity index (χ1v) is 4.46. The van der Waals surface area contributed by atoms with Crippen molar-refractivity contribution < 1.29 is 9.90 Å². The largest absolute Gasteiger partial charge is 0.481 e. The molecule has 6 heteroatoms. The molecule has 0 spiro atoms. The van der Waals surface area contributed by atoms with Crippen LogP contribution in [0.25, 0.3) is 0 Å². The molecule has 0 saturated carbocycles. The van der Waals surface area contributed by atoms with Crippen molar-refractivity contribution in [1.82, 2.24) is 20.2 Å². The van der Waals surface area contributed by atoms with Crippen LogP contribution in [0.15, 0.2) is 0 Å². The molecule has 0 aromatic carbocycles. The van der Waals surface area contributed by atoms with Crippen molar-refractivity contribution in [1.29, 1.82) is 0 Å². The van der Waals surface area contributed by atoms with E-state index in [0.717, 1.165) is 0 Å². The van der Waals surface area contributed by atoms with Crippen LogP contribution in [-0.4, -0.2) is 31.3 Å². The Kier molecular flexibility index (Phi) is 3.16. The Labute approximate surface area is 81.9 Å². The zero-order chi connectivity index (χ0) is 10.7. The molecule has 0 aliphatic carbocycles. The van der Waals surface area contributed by atoms with E-state index in [9.17, 15) is 4.79 Å². The molecule has 0 radical (unpaired) electrons. The number of carbonyl (C=O) groups is 1. The van der Waals surface area contributed by atoms with Gasteiger partial charge in [-0.3, -0.25) is 4.79 Å². The van der Waals surface area contributed by atoms with Gasteiger partial charge in [-0.2, -0.15) is 4.80 Å². The van der Waals surface area contributed by atoms with Crippen LogP contribution in [0.1, 0.15) is 19.7 Å². The highest BCUT2D eigenvalue weighted by Crippen LogP contribution is 2.14. The van der Waals surface area contributed by atoms with Gasteiger partial charge in [0.05, 0.1) is 13.0 Å². The second-order valence-electron chi connectivity index (χ2n) is 3.59. The van der Waals surface area contributed by atoms with Crippen LogP contribution >= 0.6 is 0 Å². The van der Waals surface area contributed by atoms with Crippen LogP contribution in [0.5, 0.6) is 0 Å². The molecule has 1 heterocycles. The molecule has 0 amide bonds. The van der Waals surface area contributed by atoms with E-state index in [1.165, 1.54) is 4.80 Å². The van der Waals surface area contributed by atoms with Crippen molar-refractivity contribution in [2.75, 3.05) is 0 Å². The molecule has 0 aliphatic heterocycles. The Balaban J connectivity index is 2.69. The highest BCUT2D eigenvalue weighted by Gasteiger charge is 2.23. The van der Waals surface area contributed by atoms with Crippen molar-refractivity contribution >= 4 is 5.97 Å². The average Bonchev–Trinajstić information content (AvgIpc) is 2.46. The third-order valence-electron chi connectivity index (χ3n) is 2.07. The fourth-order valence-corrected chi connectivity index (χ4v) is 1.21. The second-order valence-corrected chi connectivity index (χ2v) is 3.59. The normalized spacial score (nSPS) is 13.1. The predicted octanol–water partition coefficient (Wildman–Crippen LogP) is 0.109. The third kappa shape index (κ3) is 2.51. The van der Waals surface area contributed by atoms with Crippen LogP contribution < -0.4 is 0 Å². The van der Waals surface area contributed by atoms with Gasteiger partial charge in [0.1, 0.15) is 0 Å². The summed E-state index contributed by atoms with van der Waals surface area (Å²) < 4.78 is 0. The predicted molar refractivity (Wildman–Crippen MR) is 48.5 cm³/mol. The Morgan fingerprint density at radius 2 is 2.21 bits per heavy atom. The summed E-state index contributed by atoms with van der Waals surface area (Å²) in [6.07, 6.45) is 0.334. The van der Waals surface area contributed by atoms with Crippen molar-refractivity contribution in [3.63, 3.8) is 0 Å². The van der Waals surface area contributed by atoms with Crippen molar-refractivity contribution in [2.24, 2.45) is 18.9 Å². The SMILES string of the molecule is CC(C)C(Cc1nnn(C)n1)C(=O)O. The van der Waals surface area contributed by atoms with Crippen molar-refractivity contribution in [3.05, 3.63) is 5.82 Å². The summed E-state index contributed by atoms with van der Waals surface area (Å²) >= 11 is 0. The first-order valence-electron chi connectivity index (χ1n) is 4.46. The van der Waals surface area contributed by atoms with E-state index >= 15 is 0 Å². The van der Waals surface area contributed by atoms with E-state index in [1.54, 1.807) is 7.05 Å². The highest BCUT2D eigenvalue weighted by molar-refractivity contribution is 5.70. The van der Waals surface area contributed by atoms with E-state index in [-0.39, 0.29) is 5.92 Å². The Hall–Kier alpha value is -1.46. The fraction of sp³-hybridized carbons (Fsp3) is 0.750. The number of aliphatic carboxylic acids is 1. The van der Waals surface area contributed by atoms with E-state index in [0.29, 0.717) is 12.2 Å². The van der Waals surface area contributed by atoms with Gasteiger partial charge in [-0.1, -0.05) is 13.8 Å². The van der Waals surface area contributed by atoms with Crippen molar-refractivity contribution in [2.45, 2.75) is 20.3 Å². The molecule has 0 bridgehead atoms. The topological polar surface area (TPSA) is 80.9 Å². The maximum Gasteiger partial charge on any atom is 0.307 e. The maximum atomic E-state index is 10.9. The third-order valence-corrected chi connectivity index (χ3v) is 2.07. The molecule has 14 heavy (non-hydrogen) atoms. The summed E-state index contributed by atoms with van der Waals surface area (Å²) in [4.78, 5) is 12.2. The molecular formula is C8H14N4O2. The number of aryl methyl sites for hydroxylation is 1. The van der Waals surface area contributed by atoms with E-state index in [2.05, 4.69) is 15.4 Å². The lowest BCUT2D eigenvalue weighted by atomic mass is 9.92. The molecule has 0 aliphatic rings. The van der Waals surface area contributed by atoms with Crippen LogP contribution in [-0.2, 0) is 18.3 Å². The van der Waals surface area contributed by atoms with Gasteiger partial charge in [0.25, 0.3) is 0 Å². The lowest BCUT2D eigenvalue weighted by Crippen LogP contribution is -2.22. The van der Waals surface area contributed by atoms with E-state index < -0.39 is 11.9 Å². The molecule has 0 fully saturated rings. The molecule has 0 saturated heterocycles. The number of carboxylic acids is 1. The summed E-state index contributed by atoms with van der Waals surface area (Å²) in [7, 11) is 1.65. The standard InChI is InChI=1S/C8H14N4O2/c1-5(2)6(8(13)14)4-7-9-11-12(3)10-7/h5-6H,4H2,1-3H3,(H,13,14). The first-order chi connectivity index (χ1) is 6.50. The van der Waals surface area contributed by atoms with Crippen LogP contribution in [0.2, 0.25) is 0 Å². The van der Waals surface area contributed by atoms with Crippen molar-refractivity contribution in [3.8, 4) is 0 Å². The molecule has 1 N–H and O–H groups in total.